The van der Waals surface area contributed by atoms with Gasteiger partial charge in [-0.2, -0.15) is 0 Å². The SMILES string of the molecule is CCCCCCCCCCCCCCCC(=O)C(N)C(O)C(=O)CCCCCCCCCCCCCCC.O=P(O)(O)O. The van der Waals surface area contributed by atoms with Gasteiger partial charge in [0, 0.05) is 12.8 Å². The van der Waals surface area contributed by atoms with Crippen molar-refractivity contribution in [1.29, 1.82) is 0 Å². The van der Waals surface area contributed by atoms with Crippen molar-refractivity contribution < 1.29 is 33.9 Å². The number of hydrogen-bond donors (Lipinski definition) is 5. The maximum Gasteiger partial charge on any atom is 0.466 e. The first kappa shape index (κ1) is 44.5. The van der Waals surface area contributed by atoms with Gasteiger partial charge in [-0.25, -0.2) is 4.57 Å². The minimum Gasteiger partial charge on any atom is -0.383 e. The number of ketones is 2. The molecule has 0 aromatic carbocycles. The molecule has 0 bridgehead atoms. The highest BCUT2D eigenvalue weighted by Crippen LogP contribution is 2.25. The summed E-state index contributed by atoms with van der Waals surface area (Å²) < 4.78 is 8.88. The number of aliphatic hydroxyl groups excluding tert-OH is 1. The van der Waals surface area contributed by atoms with Gasteiger partial charge in [-0.3, -0.25) is 9.59 Å². The number of rotatable bonds is 31. The Bertz CT molecular complexity index is 617. The Kier molecular flexibility index (Phi) is 33.9. The molecule has 0 rings (SSSR count). The zero-order valence-corrected chi connectivity index (χ0v) is 28.9. The second-order valence-corrected chi connectivity index (χ2v) is 13.4. The van der Waals surface area contributed by atoms with Gasteiger partial charge < -0.3 is 25.5 Å². The third-order valence-electron chi connectivity index (χ3n) is 8.10. The van der Waals surface area contributed by atoms with Crippen LogP contribution in [0, 0.1) is 0 Å². The van der Waals surface area contributed by atoms with Gasteiger partial charge in [-0.05, 0) is 12.8 Å². The Balaban J connectivity index is 0. The standard InChI is InChI=1S/C34H67NO3.H3O4P/c1-3-5-7-9-11-13-15-17-19-21-23-25-27-29-31(36)33(35)34(38)32(37)30-28-26-24-22-20-18-16-14-12-10-8-6-4-2;1-5(2,3)4/h33-34,38H,3-30,35H2,1-2H3;(H3,1,2,3,4). The van der Waals surface area contributed by atoms with E-state index >= 15 is 0 Å². The summed E-state index contributed by atoms with van der Waals surface area (Å²) in [6, 6.07) is -1.05. The third kappa shape index (κ3) is 37.5. The fourth-order valence-corrected chi connectivity index (χ4v) is 5.32. The largest absolute Gasteiger partial charge is 0.466 e. The van der Waals surface area contributed by atoms with Gasteiger partial charge in [0.05, 0.1) is 6.04 Å². The normalized spacial score (nSPS) is 12.9. The summed E-state index contributed by atoms with van der Waals surface area (Å²) in [5.74, 6) is -0.432. The number of nitrogens with two attached hydrogens (primary N) is 1. The van der Waals surface area contributed by atoms with Crippen LogP contribution in [0.15, 0.2) is 0 Å². The summed E-state index contributed by atoms with van der Waals surface area (Å²) in [6.07, 6.45) is 32.1. The molecular formula is C34H70NO7P. The second kappa shape index (κ2) is 32.8. The highest BCUT2D eigenvalue weighted by atomic mass is 31.2. The zero-order chi connectivity index (χ0) is 32.6. The van der Waals surface area contributed by atoms with Crippen molar-refractivity contribution in [2.24, 2.45) is 5.73 Å². The van der Waals surface area contributed by atoms with E-state index in [0.29, 0.717) is 12.8 Å². The summed E-state index contributed by atoms with van der Waals surface area (Å²) in [5, 5.41) is 10.3. The molecule has 2 atom stereocenters. The van der Waals surface area contributed by atoms with E-state index in [1.54, 1.807) is 0 Å². The number of carbonyl (C=O) groups is 2. The second-order valence-electron chi connectivity index (χ2n) is 12.4. The molecule has 6 N–H and O–H groups in total. The maximum atomic E-state index is 12.3. The van der Waals surface area contributed by atoms with E-state index in [1.807, 2.05) is 0 Å². The van der Waals surface area contributed by atoms with E-state index in [-0.39, 0.29) is 11.6 Å². The fourth-order valence-electron chi connectivity index (χ4n) is 5.32. The smallest absolute Gasteiger partial charge is 0.383 e. The summed E-state index contributed by atoms with van der Waals surface area (Å²) in [7, 11) is -4.64. The van der Waals surface area contributed by atoms with Crippen molar-refractivity contribution in [2.45, 2.75) is 206 Å². The molecule has 258 valence electrons. The Morgan fingerprint density at radius 3 is 0.953 bits per heavy atom. The van der Waals surface area contributed by atoms with Crippen LogP contribution in [0.5, 0.6) is 0 Å². The van der Waals surface area contributed by atoms with Gasteiger partial charge in [0.1, 0.15) is 6.10 Å². The predicted octanol–water partition coefficient (Wildman–Crippen LogP) is 8.85. The van der Waals surface area contributed by atoms with Crippen LogP contribution in [0.25, 0.3) is 0 Å². The monoisotopic (exact) mass is 635 g/mol. The Morgan fingerprint density at radius 1 is 0.488 bits per heavy atom. The maximum absolute atomic E-state index is 12.3. The van der Waals surface area contributed by atoms with Gasteiger partial charge in [0.25, 0.3) is 0 Å². The number of aliphatic hydroxyl groups is 1. The van der Waals surface area contributed by atoms with E-state index in [1.165, 1.54) is 128 Å². The molecule has 9 heteroatoms. The molecule has 2 unspecified atom stereocenters. The van der Waals surface area contributed by atoms with Crippen LogP contribution in [0.4, 0.5) is 0 Å². The molecule has 0 fully saturated rings. The lowest BCUT2D eigenvalue weighted by Gasteiger charge is -2.16. The third-order valence-corrected chi connectivity index (χ3v) is 8.10. The molecule has 0 aromatic rings. The molecule has 0 spiro atoms. The molecule has 0 aliphatic carbocycles. The minimum absolute atomic E-state index is 0.167. The van der Waals surface area contributed by atoms with Crippen molar-refractivity contribution in [2.75, 3.05) is 0 Å². The van der Waals surface area contributed by atoms with Gasteiger partial charge in [0.15, 0.2) is 11.6 Å². The molecule has 0 aliphatic heterocycles. The quantitative estimate of drug-likeness (QED) is 0.0373. The van der Waals surface area contributed by atoms with Crippen molar-refractivity contribution in [3.8, 4) is 0 Å². The fraction of sp³-hybridized carbons (Fsp3) is 0.941. The van der Waals surface area contributed by atoms with Gasteiger partial charge in [-0.15, -0.1) is 0 Å². The van der Waals surface area contributed by atoms with E-state index in [9.17, 15) is 14.7 Å². The van der Waals surface area contributed by atoms with Crippen LogP contribution in [0.2, 0.25) is 0 Å². The van der Waals surface area contributed by atoms with Crippen molar-refractivity contribution in [3.05, 3.63) is 0 Å². The Hall–Kier alpha value is -0.630. The van der Waals surface area contributed by atoms with Crippen molar-refractivity contribution >= 4 is 19.4 Å². The lowest BCUT2D eigenvalue weighted by atomic mass is 9.96. The molecule has 0 saturated carbocycles. The highest BCUT2D eigenvalue weighted by molar-refractivity contribution is 7.45. The van der Waals surface area contributed by atoms with Gasteiger partial charge >= 0.3 is 7.82 Å². The first-order valence-electron chi connectivity index (χ1n) is 17.8. The van der Waals surface area contributed by atoms with Gasteiger partial charge in [-0.1, -0.05) is 168 Å². The highest BCUT2D eigenvalue weighted by Gasteiger charge is 2.27. The number of phosphoric acid groups is 1. The van der Waals surface area contributed by atoms with Crippen molar-refractivity contribution in [3.63, 3.8) is 0 Å². The summed E-state index contributed by atoms with van der Waals surface area (Å²) in [4.78, 5) is 46.2. The average molecular weight is 636 g/mol. The van der Waals surface area contributed by atoms with Crippen LogP contribution >= 0.6 is 7.82 Å². The lowest BCUT2D eigenvalue weighted by Crippen LogP contribution is -2.46. The molecule has 0 amide bonds. The lowest BCUT2D eigenvalue weighted by molar-refractivity contribution is -0.134. The molecule has 0 aromatic heterocycles. The first-order chi connectivity index (χ1) is 20.5. The molecule has 0 heterocycles. The van der Waals surface area contributed by atoms with Crippen LogP contribution in [0.1, 0.15) is 194 Å². The van der Waals surface area contributed by atoms with Gasteiger partial charge in [0.2, 0.25) is 0 Å². The summed E-state index contributed by atoms with van der Waals surface area (Å²) >= 11 is 0. The van der Waals surface area contributed by atoms with Crippen molar-refractivity contribution in [1.82, 2.24) is 0 Å². The Morgan fingerprint density at radius 2 is 0.698 bits per heavy atom. The first-order valence-corrected chi connectivity index (χ1v) is 19.4. The minimum atomic E-state index is -4.64. The topological polar surface area (TPSA) is 158 Å². The molecule has 0 saturated heterocycles. The van der Waals surface area contributed by atoms with Crippen LogP contribution < -0.4 is 5.73 Å². The van der Waals surface area contributed by atoms with E-state index in [0.717, 1.165) is 38.5 Å². The number of carbonyl (C=O) groups excluding carboxylic acids is 2. The average Bonchev–Trinajstić information content (AvgIpc) is 2.96. The van der Waals surface area contributed by atoms with E-state index in [4.69, 9.17) is 25.0 Å². The van der Waals surface area contributed by atoms with E-state index in [2.05, 4.69) is 13.8 Å². The molecule has 0 radical (unpaired) electrons. The predicted molar refractivity (Wildman–Crippen MR) is 179 cm³/mol. The molecular weight excluding hydrogens is 565 g/mol. The van der Waals surface area contributed by atoms with Crippen LogP contribution in [-0.2, 0) is 14.2 Å². The molecule has 0 aliphatic rings. The van der Waals surface area contributed by atoms with Crippen LogP contribution in [0.3, 0.4) is 0 Å². The summed E-state index contributed by atoms with van der Waals surface area (Å²) in [6.45, 7) is 4.52. The molecule has 43 heavy (non-hydrogen) atoms. The number of Topliss-reactive ketones (excluding diaryl/α,β-unsaturated/α-hetero) is 2. The summed E-state index contributed by atoms with van der Waals surface area (Å²) in [5.41, 5.74) is 5.93. The molecule has 8 nitrogen and oxygen atoms in total. The number of hydrogen-bond acceptors (Lipinski definition) is 5. The zero-order valence-electron chi connectivity index (χ0n) is 28.0. The Labute approximate surface area is 264 Å². The van der Waals surface area contributed by atoms with Crippen LogP contribution in [-0.4, -0.2) is 43.5 Å². The van der Waals surface area contributed by atoms with E-state index < -0.39 is 20.0 Å². The number of unbranched alkanes of at least 4 members (excludes halogenated alkanes) is 24.